The van der Waals surface area contributed by atoms with Crippen LogP contribution in [0.2, 0.25) is 0 Å². The number of halogens is 2. The number of nitrogens with one attached hydrogen (secondary N) is 1. The molecule has 2 bridgehead atoms. The Bertz CT molecular complexity index is 2230. The Kier molecular flexibility index (Phi) is 9.59. The molecular formula is C46H58F2N4O8. The minimum Gasteiger partial charge on any atom is -0.479 e. The molecule has 12 atom stereocenters. The van der Waals surface area contributed by atoms with Gasteiger partial charge in [-0.25, -0.2) is 13.6 Å². The van der Waals surface area contributed by atoms with E-state index in [1.54, 1.807) is 14.2 Å². The number of esters is 2. The summed E-state index contributed by atoms with van der Waals surface area (Å²) in [6, 6.07) is 4.67. The number of likely N-dealkylation sites (N-methyl/N-ethyl adjacent to an activating group) is 1. The van der Waals surface area contributed by atoms with Crippen LogP contribution in [0.3, 0.4) is 0 Å². The average Bonchev–Trinajstić information content (AvgIpc) is 3.86. The molecule has 324 valence electrons. The number of hydrogen-bond donors (Lipinski definition) is 3. The molecule has 12 nitrogen and oxygen atoms in total. The van der Waals surface area contributed by atoms with Crippen LogP contribution in [0.25, 0.3) is 10.9 Å². The van der Waals surface area contributed by atoms with Crippen LogP contribution < -0.4 is 0 Å². The fourth-order valence-corrected chi connectivity index (χ4v) is 13.9. The van der Waals surface area contributed by atoms with Crippen LogP contribution >= 0.6 is 0 Å². The number of carbonyl (C=O) groups excluding carboxylic acids is 2. The fraction of sp³-hybridized carbons (Fsp3) is 0.630. The van der Waals surface area contributed by atoms with Gasteiger partial charge in [-0.15, -0.1) is 0 Å². The number of benzene rings is 1. The minimum absolute atomic E-state index is 0.191. The molecule has 1 saturated carbocycles. The number of ether oxygens (including phenoxy) is 3. The van der Waals surface area contributed by atoms with E-state index in [4.69, 9.17) is 14.2 Å². The highest BCUT2D eigenvalue weighted by molar-refractivity contribution is 5.92. The summed E-state index contributed by atoms with van der Waals surface area (Å²) < 4.78 is 49.1. The highest BCUT2D eigenvalue weighted by Gasteiger charge is 2.81. The van der Waals surface area contributed by atoms with Crippen LogP contribution in [-0.4, -0.2) is 138 Å². The smallest absolute Gasteiger partial charge is 0.341 e. The average molecular weight is 833 g/mol. The van der Waals surface area contributed by atoms with E-state index in [9.17, 15) is 19.8 Å². The van der Waals surface area contributed by atoms with Crippen molar-refractivity contribution >= 4 is 28.8 Å². The van der Waals surface area contributed by atoms with Crippen LogP contribution in [-0.2, 0) is 40.4 Å². The van der Waals surface area contributed by atoms with E-state index in [1.165, 1.54) is 14.0 Å². The first-order chi connectivity index (χ1) is 28.4. The second-order valence-electron chi connectivity index (χ2n) is 19.0. The summed E-state index contributed by atoms with van der Waals surface area (Å²) in [5.74, 6) is -7.60. The third-order valence-corrected chi connectivity index (χ3v) is 16.1. The van der Waals surface area contributed by atoms with Crippen molar-refractivity contribution < 1.29 is 47.6 Å². The molecule has 5 aliphatic heterocycles. The molecule has 3 N–H and O–H groups in total. The maximum atomic E-state index is 15.4. The Balaban J connectivity index is 1.33. The summed E-state index contributed by atoms with van der Waals surface area (Å²) in [7, 11) is 4.73. The number of aromatic nitrogens is 1. The number of methoxy groups -OCH3 is 2. The summed E-state index contributed by atoms with van der Waals surface area (Å²) in [5.41, 5.74) is -1.16. The topological polar surface area (TPSA) is 145 Å². The van der Waals surface area contributed by atoms with Gasteiger partial charge in [0.2, 0.25) is 11.5 Å². The number of allylic oxidation sites excluding steroid dienone is 1. The number of hydrogen-bond acceptors (Lipinski definition) is 10. The van der Waals surface area contributed by atoms with Gasteiger partial charge < -0.3 is 39.2 Å². The van der Waals surface area contributed by atoms with Gasteiger partial charge >= 0.3 is 17.9 Å². The van der Waals surface area contributed by atoms with Crippen LogP contribution in [0.1, 0.15) is 63.3 Å². The number of likely N-dealkylation sites (tertiary alicyclic amines) is 1. The lowest BCUT2D eigenvalue weighted by Crippen LogP contribution is -2.79. The van der Waals surface area contributed by atoms with Gasteiger partial charge in [-0.05, 0) is 87.8 Å². The van der Waals surface area contributed by atoms with Crippen molar-refractivity contribution in [3.8, 4) is 0 Å². The van der Waals surface area contributed by atoms with Crippen LogP contribution in [0.4, 0.5) is 8.78 Å². The summed E-state index contributed by atoms with van der Waals surface area (Å²) in [4.78, 5) is 52.0. The first-order valence-corrected chi connectivity index (χ1v) is 21.5. The Morgan fingerprint density at radius 1 is 1.10 bits per heavy atom. The fourth-order valence-electron chi connectivity index (χ4n) is 13.9. The second kappa shape index (κ2) is 14.0. The van der Waals surface area contributed by atoms with Crippen molar-refractivity contribution in [1.82, 2.24) is 19.7 Å². The molecule has 7 aliphatic rings. The predicted octanol–water partition coefficient (Wildman–Crippen LogP) is 4.98. The Morgan fingerprint density at radius 3 is 2.53 bits per heavy atom. The van der Waals surface area contributed by atoms with E-state index in [2.05, 4.69) is 26.9 Å². The zero-order valence-electron chi connectivity index (χ0n) is 35.6. The number of rotatable bonds is 7. The third kappa shape index (κ3) is 5.41. The number of fused-ring (bicyclic) bond motifs is 6. The maximum Gasteiger partial charge on any atom is 0.341 e. The Morgan fingerprint density at radius 2 is 1.87 bits per heavy atom. The molecule has 1 spiro atoms. The van der Waals surface area contributed by atoms with Crippen LogP contribution in [0.15, 0.2) is 53.8 Å². The van der Waals surface area contributed by atoms with E-state index in [1.807, 2.05) is 49.1 Å². The molecule has 2 aliphatic carbocycles. The lowest BCUT2D eigenvalue weighted by atomic mass is 9.47. The standard InChI is InChI=1S/C46H58F2N4O8/c1-8-43-13-9-15-52-17-14-44(37(43)52)31-20-32(35(58-6)21-34(31)50(5)38(44)46(57,40(54)55)39(43)60-26(3)53)45(41(56)59-7)22-27-19-28(42(4,47)48)24-51(23-27)16-12-29-30-18-25(2)10-11-33(30)49-36(29)45/h9-11,13,18,20-21,27-28,32,35,37-39,49,57H,8,12,14-17,19,22-24H2,1-7H3,(H,54,55)/t27-,28?,32?,35?,37+,38-,39-,43-,44-,45+,46+/m1/s1. The van der Waals surface area contributed by atoms with E-state index in [0.29, 0.717) is 56.8 Å². The number of aromatic amines is 1. The molecule has 0 amide bonds. The van der Waals surface area contributed by atoms with Crippen molar-refractivity contribution in [2.24, 2.45) is 28.6 Å². The van der Waals surface area contributed by atoms with E-state index in [-0.39, 0.29) is 25.3 Å². The molecule has 14 heteroatoms. The molecule has 4 fully saturated rings. The number of piperidine rings is 1. The third-order valence-electron chi connectivity index (χ3n) is 16.1. The first kappa shape index (κ1) is 41.3. The monoisotopic (exact) mass is 832 g/mol. The quantitative estimate of drug-likeness (QED) is 0.257. The number of aliphatic carboxylic acids is 1. The summed E-state index contributed by atoms with van der Waals surface area (Å²) in [5, 5.41) is 25.2. The molecule has 1 aromatic heterocycles. The highest BCUT2D eigenvalue weighted by atomic mass is 19.3. The number of carbonyl (C=O) groups is 3. The van der Waals surface area contributed by atoms with Gasteiger partial charge in [-0.1, -0.05) is 36.8 Å². The lowest BCUT2D eigenvalue weighted by Gasteiger charge is -2.63. The number of alkyl halides is 2. The summed E-state index contributed by atoms with van der Waals surface area (Å²) in [6.45, 7) is 8.70. The number of carboxylic acid groups (broad SMARTS) is 1. The molecule has 2 aromatic rings. The van der Waals surface area contributed by atoms with Gasteiger partial charge in [0, 0.05) is 98.3 Å². The minimum atomic E-state index is -2.93. The molecule has 6 heterocycles. The summed E-state index contributed by atoms with van der Waals surface area (Å²) in [6.07, 6.45) is 7.57. The lowest BCUT2D eigenvalue weighted by molar-refractivity contribution is -0.241. The summed E-state index contributed by atoms with van der Waals surface area (Å²) >= 11 is 0. The van der Waals surface area contributed by atoms with Gasteiger partial charge in [0.15, 0.2) is 6.10 Å². The van der Waals surface area contributed by atoms with Gasteiger partial charge in [-0.2, -0.15) is 0 Å². The van der Waals surface area contributed by atoms with Crippen molar-refractivity contribution in [3.05, 3.63) is 70.6 Å². The van der Waals surface area contributed by atoms with Crippen molar-refractivity contribution in [2.45, 2.75) is 101 Å². The van der Waals surface area contributed by atoms with Gasteiger partial charge in [0.05, 0.1) is 19.3 Å². The molecule has 0 radical (unpaired) electrons. The molecule has 3 saturated heterocycles. The van der Waals surface area contributed by atoms with Crippen molar-refractivity contribution in [2.75, 3.05) is 54.0 Å². The normalized spacial score (nSPS) is 39.6. The molecule has 4 unspecified atom stereocenters. The predicted molar refractivity (Wildman–Crippen MR) is 218 cm³/mol. The van der Waals surface area contributed by atoms with Gasteiger partial charge in [0.25, 0.3) is 0 Å². The van der Waals surface area contributed by atoms with E-state index >= 15 is 13.6 Å². The number of aliphatic hydroxyl groups is 1. The van der Waals surface area contributed by atoms with Gasteiger partial charge in [0.1, 0.15) is 5.41 Å². The maximum absolute atomic E-state index is 15.4. The zero-order chi connectivity index (χ0) is 42.9. The molecule has 9 rings (SSSR count). The number of aryl methyl sites for hydroxylation is 1. The van der Waals surface area contributed by atoms with Crippen LogP contribution in [0, 0.1) is 35.5 Å². The molecule has 1 aromatic carbocycles. The van der Waals surface area contributed by atoms with E-state index in [0.717, 1.165) is 34.5 Å². The number of nitrogens with zero attached hydrogens (tertiary/aromatic N) is 3. The molecule has 60 heavy (non-hydrogen) atoms. The SMILES string of the molecule is CC[C@]12C=CCN3CC[C@@]4(C5=CC([C@@]6(C(=O)OC)C[C@H]7CC(C(C)(F)F)CN(CCc8c6[nH]c6ccc(C)cc86)C7)C(OC)C=C5N(C)[C@H]4[C@@](O)(C(=O)O)[C@@H]1OC(C)=O)[C@@H]32. The molecular weight excluding hydrogens is 775 g/mol. The number of H-pyrrole nitrogens is 1. The highest BCUT2D eigenvalue weighted by Crippen LogP contribution is 2.70. The Hall–Kier alpha value is -4.11. The van der Waals surface area contributed by atoms with Gasteiger partial charge in [-0.3, -0.25) is 14.5 Å². The second-order valence-corrected chi connectivity index (χ2v) is 19.0. The van der Waals surface area contributed by atoms with Crippen molar-refractivity contribution in [3.63, 3.8) is 0 Å². The van der Waals surface area contributed by atoms with E-state index < -0.39 is 81.8 Å². The zero-order valence-corrected chi connectivity index (χ0v) is 35.6. The Labute approximate surface area is 349 Å². The number of carboxylic acids is 1. The van der Waals surface area contributed by atoms with Crippen LogP contribution in [0.5, 0.6) is 0 Å². The first-order valence-electron chi connectivity index (χ1n) is 21.5. The largest absolute Gasteiger partial charge is 0.479 e. The van der Waals surface area contributed by atoms with Crippen molar-refractivity contribution in [1.29, 1.82) is 0 Å².